The number of rotatable bonds is 4. The van der Waals surface area contributed by atoms with Gasteiger partial charge in [0, 0.05) is 24.5 Å². The van der Waals surface area contributed by atoms with Gasteiger partial charge in [-0.25, -0.2) is 18.0 Å². The molecule has 168 valence electrons. The number of amides is 3. The minimum Gasteiger partial charge on any atom is -0.486 e. The highest BCUT2D eigenvalue weighted by Crippen LogP contribution is 2.32. The van der Waals surface area contributed by atoms with E-state index < -0.39 is 34.5 Å². The number of hydrogen-bond acceptors (Lipinski definition) is 9. The topological polar surface area (TPSA) is 153 Å². The van der Waals surface area contributed by atoms with Crippen LogP contribution < -0.4 is 20.1 Å². The first-order valence-electron chi connectivity index (χ1n) is 9.46. The number of anilines is 1. The molecule has 3 aliphatic rings. The van der Waals surface area contributed by atoms with Gasteiger partial charge >= 0.3 is 12.0 Å². The summed E-state index contributed by atoms with van der Waals surface area (Å²) in [6, 6.07) is 3.97. The van der Waals surface area contributed by atoms with E-state index in [1.807, 2.05) is 5.32 Å². The van der Waals surface area contributed by atoms with E-state index in [-0.39, 0.29) is 23.7 Å². The van der Waals surface area contributed by atoms with Gasteiger partial charge in [0.1, 0.15) is 19.0 Å². The molecule has 0 saturated carbocycles. The van der Waals surface area contributed by atoms with Crippen molar-refractivity contribution in [2.24, 2.45) is 4.40 Å². The number of fused-ring (bicyclic) bond motifs is 2. The summed E-state index contributed by atoms with van der Waals surface area (Å²) >= 11 is 0. The highest BCUT2D eigenvalue weighted by atomic mass is 32.2. The van der Waals surface area contributed by atoms with E-state index in [4.69, 9.17) is 14.2 Å². The largest absolute Gasteiger partial charge is 0.486 e. The molecule has 1 aromatic carbocycles. The third-order valence-electron chi connectivity index (χ3n) is 4.45. The molecule has 0 spiro atoms. The summed E-state index contributed by atoms with van der Waals surface area (Å²) in [5, 5.41) is 4.52. The van der Waals surface area contributed by atoms with Crippen molar-refractivity contribution in [1.29, 1.82) is 0 Å². The fourth-order valence-corrected chi connectivity index (χ4v) is 3.95. The lowest BCUT2D eigenvalue weighted by Crippen LogP contribution is -2.38. The van der Waals surface area contributed by atoms with Crippen LogP contribution in [0.25, 0.3) is 0 Å². The van der Waals surface area contributed by atoms with Crippen molar-refractivity contribution in [2.75, 3.05) is 37.4 Å². The number of imide groups is 1. The van der Waals surface area contributed by atoms with Crippen LogP contribution >= 0.6 is 0 Å². The van der Waals surface area contributed by atoms with Crippen molar-refractivity contribution >= 4 is 39.5 Å². The molecule has 3 amide bonds. The molecule has 0 atom stereocenters. The molecular formula is C19H18N4O8S. The smallest absolute Gasteiger partial charge is 0.340 e. The van der Waals surface area contributed by atoms with E-state index >= 15 is 0 Å². The van der Waals surface area contributed by atoms with Crippen LogP contribution in [0, 0.1) is 0 Å². The molecular weight excluding hydrogens is 444 g/mol. The van der Waals surface area contributed by atoms with E-state index in [1.54, 1.807) is 18.2 Å². The van der Waals surface area contributed by atoms with E-state index in [1.165, 1.54) is 23.3 Å². The fraction of sp³-hybridized carbons (Fsp3) is 0.263. The fourth-order valence-electron chi connectivity index (χ4n) is 2.98. The number of hydrogen-bond donors (Lipinski definition) is 2. The number of ether oxygens (including phenoxy) is 3. The molecule has 0 aliphatic carbocycles. The number of benzene rings is 1. The van der Waals surface area contributed by atoms with Gasteiger partial charge < -0.3 is 24.4 Å². The lowest BCUT2D eigenvalue weighted by atomic mass is 10.2. The Hall–Kier alpha value is -3.87. The van der Waals surface area contributed by atoms with Crippen LogP contribution in [0.4, 0.5) is 10.5 Å². The molecule has 1 aromatic rings. The van der Waals surface area contributed by atoms with Crippen molar-refractivity contribution in [3.05, 3.63) is 42.1 Å². The highest BCUT2D eigenvalue weighted by Gasteiger charge is 2.25. The molecule has 12 nitrogen and oxygen atoms in total. The van der Waals surface area contributed by atoms with Gasteiger partial charge in [-0.2, -0.15) is 0 Å². The zero-order valence-corrected chi connectivity index (χ0v) is 17.4. The van der Waals surface area contributed by atoms with Crippen molar-refractivity contribution in [1.82, 2.24) is 10.2 Å². The number of nitrogens with zero attached hydrogens (tertiary/aromatic N) is 2. The van der Waals surface area contributed by atoms with Gasteiger partial charge in [-0.3, -0.25) is 10.1 Å². The molecule has 3 aliphatic heterocycles. The molecule has 13 heteroatoms. The van der Waals surface area contributed by atoms with E-state index in [2.05, 4.69) is 9.71 Å². The Balaban J connectivity index is 1.26. The number of urea groups is 1. The standard InChI is InChI=1S/C19H18N4O8S/c24-17(21-19(26)20-13-2-3-14-15(9-13)30-7-6-29-14)11-31-18(25)12-1-4-16-22-32(27,28)8-5-23(16)10-12/h1-4,9-10H,5-8,11H2,(H2,20,21,24,26). The number of carbonyl (C=O) groups excluding carboxylic acids is 3. The lowest BCUT2D eigenvalue weighted by molar-refractivity contribution is -0.144. The second kappa shape index (κ2) is 8.70. The lowest BCUT2D eigenvalue weighted by Gasteiger charge is -2.26. The Morgan fingerprint density at radius 2 is 1.91 bits per heavy atom. The summed E-state index contributed by atoms with van der Waals surface area (Å²) in [7, 11) is -3.51. The number of esters is 1. The maximum Gasteiger partial charge on any atom is 0.340 e. The zero-order chi connectivity index (χ0) is 22.7. The van der Waals surface area contributed by atoms with Crippen molar-refractivity contribution in [3.63, 3.8) is 0 Å². The zero-order valence-electron chi connectivity index (χ0n) is 16.6. The first-order chi connectivity index (χ1) is 15.3. The van der Waals surface area contributed by atoms with Crippen LogP contribution in [0.15, 0.2) is 46.5 Å². The van der Waals surface area contributed by atoms with Gasteiger partial charge in [0.15, 0.2) is 18.1 Å². The Kier molecular flexibility index (Phi) is 5.81. The normalized spacial score (nSPS) is 17.9. The number of carbonyl (C=O) groups is 3. The summed E-state index contributed by atoms with van der Waals surface area (Å²) in [5.74, 6) is -0.592. The van der Waals surface area contributed by atoms with Crippen molar-refractivity contribution in [3.8, 4) is 11.5 Å². The average Bonchev–Trinajstić information content (AvgIpc) is 2.76. The Morgan fingerprint density at radius 3 is 2.72 bits per heavy atom. The summed E-state index contributed by atoms with van der Waals surface area (Å²) in [5.41, 5.74) is 0.492. The van der Waals surface area contributed by atoms with Crippen LogP contribution in [-0.2, 0) is 24.3 Å². The molecule has 0 saturated heterocycles. The van der Waals surface area contributed by atoms with Gasteiger partial charge in [-0.15, -0.1) is 4.40 Å². The van der Waals surface area contributed by atoms with Gasteiger partial charge in [0.05, 0.1) is 11.3 Å². The summed E-state index contributed by atoms with van der Waals surface area (Å²) in [4.78, 5) is 37.6. The van der Waals surface area contributed by atoms with Crippen LogP contribution in [-0.4, -0.2) is 69.2 Å². The predicted molar refractivity (Wildman–Crippen MR) is 111 cm³/mol. The number of sulfonamides is 1. The van der Waals surface area contributed by atoms with E-state index in [9.17, 15) is 22.8 Å². The predicted octanol–water partition coefficient (Wildman–Crippen LogP) is 0.147. The van der Waals surface area contributed by atoms with Crippen LogP contribution in [0.2, 0.25) is 0 Å². The quantitative estimate of drug-likeness (QED) is 0.595. The number of nitrogens with one attached hydrogen (secondary N) is 2. The van der Waals surface area contributed by atoms with Gasteiger partial charge in [0.25, 0.3) is 15.9 Å². The third kappa shape index (κ3) is 5.06. The van der Waals surface area contributed by atoms with Gasteiger partial charge in [-0.05, 0) is 24.3 Å². The maximum absolute atomic E-state index is 12.2. The molecule has 0 bridgehead atoms. The molecule has 0 unspecified atom stereocenters. The van der Waals surface area contributed by atoms with Gasteiger partial charge in [0.2, 0.25) is 0 Å². The second-order valence-electron chi connectivity index (χ2n) is 6.78. The minimum atomic E-state index is -3.51. The van der Waals surface area contributed by atoms with Crippen LogP contribution in [0.5, 0.6) is 11.5 Å². The Morgan fingerprint density at radius 1 is 1.12 bits per heavy atom. The third-order valence-corrected chi connectivity index (χ3v) is 5.61. The van der Waals surface area contributed by atoms with Crippen LogP contribution in [0.1, 0.15) is 0 Å². The first kappa shape index (κ1) is 21.4. The van der Waals surface area contributed by atoms with Gasteiger partial charge in [-0.1, -0.05) is 0 Å². The summed E-state index contributed by atoms with van der Waals surface area (Å²) in [6.07, 6.45) is 4.10. The summed E-state index contributed by atoms with van der Waals surface area (Å²) in [6.45, 7) is 0.286. The average molecular weight is 462 g/mol. The Labute approximate surface area is 182 Å². The molecule has 0 radical (unpaired) electrons. The van der Waals surface area contributed by atoms with E-state index in [0.29, 0.717) is 30.4 Å². The highest BCUT2D eigenvalue weighted by molar-refractivity contribution is 7.90. The molecule has 0 aromatic heterocycles. The monoisotopic (exact) mass is 462 g/mol. The molecule has 2 N–H and O–H groups in total. The summed E-state index contributed by atoms with van der Waals surface area (Å²) < 4.78 is 42.4. The van der Waals surface area contributed by atoms with E-state index in [0.717, 1.165) is 0 Å². The Bertz CT molecular complexity index is 1170. The SMILES string of the molecule is O=C(COC(=O)C1=CN2CCS(=O)(=O)N=C2C=C1)NC(=O)Nc1ccc2c(c1)OCCO2. The second-order valence-corrected chi connectivity index (χ2v) is 8.54. The maximum atomic E-state index is 12.2. The minimum absolute atomic E-state index is 0.108. The van der Waals surface area contributed by atoms with Crippen molar-refractivity contribution in [2.45, 2.75) is 0 Å². The first-order valence-corrected chi connectivity index (χ1v) is 11.1. The molecule has 32 heavy (non-hydrogen) atoms. The van der Waals surface area contributed by atoms with Crippen molar-refractivity contribution < 1.29 is 37.0 Å². The molecule has 3 heterocycles. The number of amidine groups is 1. The molecule has 4 rings (SSSR count). The van der Waals surface area contributed by atoms with Crippen LogP contribution in [0.3, 0.4) is 0 Å². The molecule has 0 fully saturated rings.